The molecule has 2 unspecified atom stereocenters. The minimum atomic E-state index is -1.12. The first kappa shape index (κ1) is 25.2. The molecule has 2 atom stereocenters. The maximum Gasteiger partial charge on any atom is 0.335 e. The van der Waals surface area contributed by atoms with E-state index in [0.717, 1.165) is 11.1 Å². The third-order valence-electron chi connectivity index (χ3n) is 5.80. The van der Waals surface area contributed by atoms with E-state index in [9.17, 15) is 19.5 Å². The zero-order chi connectivity index (χ0) is 24.8. The minimum Gasteiger partial charge on any atom is -0.478 e. The lowest BCUT2D eigenvalue weighted by atomic mass is 9.93. The highest BCUT2D eigenvalue weighted by molar-refractivity contribution is 6.30. The third kappa shape index (κ3) is 6.11. The van der Waals surface area contributed by atoms with Crippen molar-refractivity contribution in [2.24, 2.45) is 4.99 Å². The van der Waals surface area contributed by atoms with Crippen LogP contribution in [0.15, 0.2) is 64.8 Å². The van der Waals surface area contributed by atoms with Gasteiger partial charge in [0.15, 0.2) is 0 Å². The molecule has 0 radical (unpaired) electrons. The van der Waals surface area contributed by atoms with Crippen LogP contribution in [0.3, 0.4) is 0 Å². The van der Waals surface area contributed by atoms with E-state index < -0.39 is 18.0 Å². The summed E-state index contributed by atoms with van der Waals surface area (Å²) >= 11 is 6.13. The molecule has 1 heterocycles. The number of hydrogen-bond acceptors (Lipinski definition) is 3. The third-order valence-corrected chi connectivity index (χ3v) is 6.04. The van der Waals surface area contributed by atoms with Crippen molar-refractivity contribution in [2.45, 2.75) is 45.6 Å². The minimum absolute atomic E-state index is 0.0385. The number of halogens is 1. The summed E-state index contributed by atoms with van der Waals surface area (Å²) in [5, 5.41) is 12.9. The lowest BCUT2D eigenvalue weighted by Gasteiger charge is -2.37. The number of hydrogen-bond donors (Lipinski definition) is 2. The molecule has 3 rings (SSSR count). The van der Waals surface area contributed by atoms with Gasteiger partial charge in [0.05, 0.1) is 11.6 Å². The summed E-state index contributed by atoms with van der Waals surface area (Å²) in [5.41, 5.74) is 3.19. The zero-order valence-corrected chi connectivity index (χ0v) is 20.2. The molecular weight excluding hydrogens is 454 g/mol. The second-order valence-electron chi connectivity index (χ2n) is 8.43. The Balaban J connectivity index is 1.69. The van der Waals surface area contributed by atoms with Gasteiger partial charge >= 0.3 is 12.0 Å². The molecule has 0 saturated heterocycles. The number of rotatable bonds is 8. The summed E-state index contributed by atoms with van der Waals surface area (Å²) in [6.45, 7) is 5.73. The van der Waals surface area contributed by atoms with E-state index >= 15 is 0 Å². The number of allylic oxidation sites excluding steroid dienone is 1. The number of aliphatic carboxylic acids is 1. The van der Waals surface area contributed by atoms with Crippen molar-refractivity contribution in [3.05, 3.63) is 81.5 Å². The molecule has 0 aromatic heterocycles. The quantitative estimate of drug-likeness (QED) is 0.502. The van der Waals surface area contributed by atoms with Crippen molar-refractivity contribution in [1.82, 2.24) is 10.2 Å². The van der Waals surface area contributed by atoms with E-state index in [1.54, 1.807) is 31.2 Å². The maximum atomic E-state index is 12.7. The Morgan fingerprint density at radius 2 is 1.91 bits per heavy atom. The van der Waals surface area contributed by atoms with Gasteiger partial charge in [-0.05, 0) is 43.0 Å². The van der Waals surface area contributed by atoms with Crippen molar-refractivity contribution in [1.29, 1.82) is 0 Å². The number of benzene rings is 2. The summed E-state index contributed by atoms with van der Waals surface area (Å²) in [7, 11) is 0. The molecule has 8 heteroatoms. The van der Waals surface area contributed by atoms with E-state index in [1.165, 1.54) is 11.1 Å². The monoisotopic (exact) mass is 481 g/mol. The van der Waals surface area contributed by atoms with Crippen LogP contribution < -0.4 is 5.32 Å². The van der Waals surface area contributed by atoms with Crippen LogP contribution in [0.5, 0.6) is 0 Å². The van der Waals surface area contributed by atoms with Gasteiger partial charge in [0, 0.05) is 36.3 Å². The molecule has 3 amide bonds. The fourth-order valence-corrected chi connectivity index (χ4v) is 4.20. The van der Waals surface area contributed by atoms with Crippen molar-refractivity contribution >= 4 is 35.7 Å². The number of carboxylic acid groups (broad SMARTS) is 1. The number of aryl methyl sites for hydroxylation is 1. The molecule has 0 saturated carbocycles. The zero-order valence-electron chi connectivity index (χ0n) is 19.4. The van der Waals surface area contributed by atoms with Crippen LogP contribution in [0.25, 0.3) is 0 Å². The van der Waals surface area contributed by atoms with Crippen LogP contribution >= 0.6 is 11.6 Å². The van der Waals surface area contributed by atoms with E-state index in [0.29, 0.717) is 17.0 Å². The summed E-state index contributed by atoms with van der Waals surface area (Å²) in [5.74, 6) is -1.33. The van der Waals surface area contributed by atoms with E-state index in [1.807, 2.05) is 38.1 Å². The highest BCUT2D eigenvalue weighted by atomic mass is 35.5. The Bertz CT molecular complexity index is 1140. The van der Waals surface area contributed by atoms with Gasteiger partial charge < -0.3 is 15.3 Å². The van der Waals surface area contributed by atoms with Gasteiger partial charge in [0.1, 0.15) is 0 Å². The summed E-state index contributed by atoms with van der Waals surface area (Å²) in [6.07, 6.45) is 2.05. The number of nitrogens with one attached hydrogen (secondary N) is 1. The Labute approximate surface area is 204 Å². The molecule has 2 aromatic carbocycles. The van der Waals surface area contributed by atoms with Gasteiger partial charge in [0.25, 0.3) is 0 Å². The van der Waals surface area contributed by atoms with Gasteiger partial charge in [-0.2, -0.15) is 0 Å². The molecule has 34 heavy (non-hydrogen) atoms. The SMILES string of the molecule is CC1=C(C(=O)O)C(c2cccc(Cl)c2)N(CCC=NC(=O)CC(C)c2ccc(C)cc2)C(=O)N1. The van der Waals surface area contributed by atoms with Crippen LogP contribution in [0.2, 0.25) is 5.02 Å². The Morgan fingerprint density at radius 1 is 1.21 bits per heavy atom. The highest BCUT2D eigenvalue weighted by Crippen LogP contribution is 2.34. The Kier molecular flexibility index (Phi) is 8.23. The average Bonchev–Trinajstić information content (AvgIpc) is 2.77. The lowest BCUT2D eigenvalue weighted by molar-refractivity contribution is -0.133. The van der Waals surface area contributed by atoms with Gasteiger partial charge in [-0.1, -0.05) is 60.5 Å². The first-order valence-corrected chi connectivity index (χ1v) is 11.4. The van der Waals surface area contributed by atoms with E-state index in [-0.39, 0.29) is 36.1 Å². The molecule has 178 valence electrons. The number of urea groups is 1. The standard InChI is InChI=1S/C26H28ClN3O4/c1-16-8-10-19(11-9-16)17(2)14-22(31)28-12-5-13-30-24(20-6-4-7-21(27)15-20)23(25(32)33)18(3)29-26(30)34/h4,6-12,15,17,24H,5,13-14H2,1-3H3,(H,29,34)(H,32,33). The maximum absolute atomic E-state index is 12.7. The summed E-state index contributed by atoms with van der Waals surface area (Å²) in [4.78, 5) is 42.5. The van der Waals surface area contributed by atoms with Gasteiger partial charge in [-0.3, -0.25) is 4.79 Å². The number of carbonyl (C=O) groups excluding carboxylic acids is 2. The lowest BCUT2D eigenvalue weighted by Crippen LogP contribution is -2.48. The Morgan fingerprint density at radius 3 is 2.56 bits per heavy atom. The van der Waals surface area contributed by atoms with Crippen LogP contribution in [-0.2, 0) is 9.59 Å². The molecule has 0 bridgehead atoms. The predicted molar refractivity (Wildman–Crippen MR) is 132 cm³/mol. The van der Waals surface area contributed by atoms with Gasteiger partial charge in [0.2, 0.25) is 5.91 Å². The molecule has 7 nitrogen and oxygen atoms in total. The topological polar surface area (TPSA) is 99.1 Å². The predicted octanol–water partition coefficient (Wildman–Crippen LogP) is 5.25. The number of nitrogens with zero attached hydrogens (tertiary/aromatic N) is 2. The number of carbonyl (C=O) groups is 3. The summed E-state index contributed by atoms with van der Waals surface area (Å²) in [6, 6.07) is 13.6. The first-order valence-electron chi connectivity index (χ1n) is 11.1. The van der Waals surface area contributed by atoms with Crippen LogP contribution in [0.1, 0.15) is 55.3 Å². The number of carboxylic acids is 1. The average molecular weight is 482 g/mol. The molecule has 0 fully saturated rings. The molecule has 1 aliphatic heterocycles. The van der Waals surface area contributed by atoms with Crippen molar-refractivity contribution in [2.75, 3.05) is 6.54 Å². The smallest absolute Gasteiger partial charge is 0.335 e. The van der Waals surface area contributed by atoms with Gasteiger partial charge in [-0.15, -0.1) is 0 Å². The fourth-order valence-electron chi connectivity index (χ4n) is 4.00. The Hall–Kier alpha value is -3.45. The second kappa shape index (κ2) is 11.1. The van der Waals surface area contributed by atoms with E-state index in [2.05, 4.69) is 10.3 Å². The molecule has 0 aliphatic carbocycles. The van der Waals surface area contributed by atoms with Crippen LogP contribution in [0.4, 0.5) is 4.79 Å². The van der Waals surface area contributed by atoms with Gasteiger partial charge in [-0.25, -0.2) is 14.6 Å². The van der Waals surface area contributed by atoms with E-state index in [4.69, 9.17) is 11.6 Å². The normalized spacial score (nSPS) is 17.1. The number of aliphatic imine (C=N–C) groups is 1. The molecule has 1 aliphatic rings. The molecule has 2 aromatic rings. The van der Waals surface area contributed by atoms with Crippen molar-refractivity contribution < 1.29 is 19.5 Å². The molecule has 0 spiro atoms. The highest BCUT2D eigenvalue weighted by Gasteiger charge is 2.37. The van der Waals surface area contributed by atoms with Crippen LogP contribution in [0, 0.1) is 6.92 Å². The number of amides is 3. The first-order chi connectivity index (χ1) is 16.2. The molecule has 2 N–H and O–H groups in total. The molecular formula is C26H28ClN3O4. The second-order valence-corrected chi connectivity index (χ2v) is 8.87. The van der Waals surface area contributed by atoms with Crippen molar-refractivity contribution in [3.8, 4) is 0 Å². The van der Waals surface area contributed by atoms with Crippen LogP contribution in [-0.4, -0.2) is 40.7 Å². The fraction of sp³-hybridized carbons (Fsp3) is 0.308. The van der Waals surface area contributed by atoms with Crippen molar-refractivity contribution in [3.63, 3.8) is 0 Å². The largest absolute Gasteiger partial charge is 0.478 e. The summed E-state index contributed by atoms with van der Waals surface area (Å²) < 4.78 is 0.